The van der Waals surface area contributed by atoms with Crippen molar-refractivity contribution in [3.05, 3.63) is 0 Å². The number of hydrogen-bond donors (Lipinski definition) is 1. The van der Waals surface area contributed by atoms with Crippen LogP contribution >= 0.6 is 11.8 Å². The van der Waals surface area contributed by atoms with E-state index in [-0.39, 0.29) is 6.61 Å². The SMILES string of the molecule is C[C@@H]1O[C@H](CCO)C[C@]12CCS2. The van der Waals surface area contributed by atoms with Crippen molar-refractivity contribution in [3.8, 4) is 0 Å². The molecule has 0 unspecified atom stereocenters. The Kier molecular flexibility index (Phi) is 2.36. The Bertz CT molecular complexity index is 168. The number of aliphatic hydroxyl groups is 1. The molecule has 0 radical (unpaired) electrons. The van der Waals surface area contributed by atoms with E-state index in [0.717, 1.165) is 12.8 Å². The summed E-state index contributed by atoms with van der Waals surface area (Å²) < 4.78 is 6.21. The molecule has 0 aromatic rings. The standard InChI is InChI=1S/C9H16O2S/c1-7-9(3-5-12-9)6-8(11-7)2-4-10/h7-8,10H,2-6H2,1H3/t7-,8+,9+/m0/s1. The van der Waals surface area contributed by atoms with Crippen molar-refractivity contribution in [2.45, 2.75) is 43.1 Å². The van der Waals surface area contributed by atoms with Gasteiger partial charge in [-0.05, 0) is 31.9 Å². The van der Waals surface area contributed by atoms with Crippen molar-refractivity contribution in [2.24, 2.45) is 0 Å². The summed E-state index contributed by atoms with van der Waals surface area (Å²) in [5.41, 5.74) is 0. The molecule has 0 aromatic carbocycles. The summed E-state index contributed by atoms with van der Waals surface area (Å²) in [7, 11) is 0. The molecule has 0 amide bonds. The normalized spacial score (nSPS) is 46.5. The second-order valence-corrected chi connectivity index (χ2v) is 5.29. The highest BCUT2D eigenvalue weighted by Crippen LogP contribution is 2.52. The summed E-state index contributed by atoms with van der Waals surface area (Å²) in [6, 6.07) is 0. The molecule has 3 heteroatoms. The Balaban J connectivity index is 1.93. The quantitative estimate of drug-likeness (QED) is 0.710. The lowest BCUT2D eigenvalue weighted by molar-refractivity contribution is 0.0347. The molecule has 12 heavy (non-hydrogen) atoms. The fourth-order valence-electron chi connectivity index (χ4n) is 2.17. The Morgan fingerprint density at radius 3 is 2.83 bits per heavy atom. The average Bonchev–Trinajstić information content (AvgIpc) is 2.26. The van der Waals surface area contributed by atoms with Gasteiger partial charge in [0.1, 0.15) is 0 Å². The van der Waals surface area contributed by atoms with Gasteiger partial charge in [0.15, 0.2) is 0 Å². The van der Waals surface area contributed by atoms with Crippen LogP contribution in [-0.2, 0) is 4.74 Å². The number of thioether (sulfide) groups is 1. The molecule has 2 nitrogen and oxygen atoms in total. The minimum Gasteiger partial charge on any atom is -0.396 e. The van der Waals surface area contributed by atoms with Crippen molar-refractivity contribution in [1.29, 1.82) is 0 Å². The molecule has 0 saturated carbocycles. The first-order valence-electron chi connectivity index (χ1n) is 4.67. The molecule has 2 aliphatic heterocycles. The van der Waals surface area contributed by atoms with Crippen molar-refractivity contribution in [1.82, 2.24) is 0 Å². The molecule has 2 rings (SSSR count). The van der Waals surface area contributed by atoms with Crippen LogP contribution in [0.2, 0.25) is 0 Å². The van der Waals surface area contributed by atoms with E-state index in [2.05, 4.69) is 6.92 Å². The monoisotopic (exact) mass is 188 g/mol. The van der Waals surface area contributed by atoms with Crippen molar-refractivity contribution >= 4 is 11.8 Å². The van der Waals surface area contributed by atoms with Gasteiger partial charge in [0.05, 0.1) is 12.2 Å². The van der Waals surface area contributed by atoms with Gasteiger partial charge in [0, 0.05) is 11.4 Å². The zero-order chi connectivity index (χ0) is 8.60. The second-order valence-electron chi connectivity index (χ2n) is 3.78. The van der Waals surface area contributed by atoms with Crippen LogP contribution in [0.3, 0.4) is 0 Å². The predicted octanol–water partition coefficient (Wildman–Crippen LogP) is 1.42. The summed E-state index contributed by atoms with van der Waals surface area (Å²) in [6.07, 6.45) is 3.98. The number of hydrogen-bond acceptors (Lipinski definition) is 3. The van der Waals surface area contributed by atoms with Crippen LogP contribution in [0.1, 0.15) is 26.2 Å². The first kappa shape index (κ1) is 8.85. The molecular formula is C9H16O2S. The van der Waals surface area contributed by atoms with E-state index in [0.29, 0.717) is 17.0 Å². The van der Waals surface area contributed by atoms with E-state index in [1.165, 1.54) is 12.2 Å². The van der Waals surface area contributed by atoms with E-state index in [1.54, 1.807) is 0 Å². The number of rotatable bonds is 2. The summed E-state index contributed by atoms with van der Waals surface area (Å²) in [5, 5.41) is 8.79. The van der Waals surface area contributed by atoms with Crippen molar-refractivity contribution < 1.29 is 9.84 Å². The lowest BCUT2D eigenvalue weighted by Crippen LogP contribution is -2.40. The van der Waals surface area contributed by atoms with Gasteiger partial charge in [-0.3, -0.25) is 0 Å². The number of ether oxygens (including phenoxy) is 1. The Hall–Kier alpha value is 0.270. The molecule has 70 valence electrons. The van der Waals surface area contributed by atoms with Crippen LogP contribution < -0.4 is 0 Å². The third-order valence-electron chi connectivity index (χ3n) is 3.08. The average molecular weight is 188 g/mol. The third kappa shape index (κ3) is 1.28. The Morgan fingerprint density at radius 2 is 2.42 bits per heavy atom. The molecule has 3 atom stereocenters. The Morgan fingerprint density at radius 1 is 1.67 bits per heavy atom. The van der Waals surface area contributed by atoms with Crippen LogP contribution in [0.5, 0.6) is 0 Å². The van der Waals surface area contributed by atoms with Gasteiger partial charge < -0.3 is 9.84 Å². The van der Waals surface area contributed by atoms with Crippen LogP contribution in [0, 0.1) is 0 Å². The van der Waals surface area contributed by atoms with Crippen molar-refractivity contribution in [3.63, 3.8) is 0 Å². The zero-order valence-electron chi connectivity index (χ0n) is 7.45. The molecule has 2 heterocycles. The molecule has 2 fully saturated rings. The van der Waals surface area contributed by atoms with Gasteiger partial charge in [0.2, 0.25) is 0 Å². The van der Waals surface area contributed by atoms with E-state index in [4.69, 9.17) is 9.84 Å². The van der Waals surface area contributed by atoms with Gasteiger partial charge in [-0.1, -0.05) is 0 Å². The maximum atomic E-state index is 8.79. The molecule has 1 spiro atoms. The van der Waals surface area contributed by atoms with E-state index in [1.807, 2.05) is 11.8 Å². The predicted molar refractivity (Wildman–Crippen MR) is 50.5 cm³/mol. The third-order valence-corrected chi connectivity index (χ3v) is 4.76. The van der Waals surface area contributed by atoms with Gasteiger partial charge in [-0.2, -0.15) is 11.8 Å². The fourth-order valence-corrected chi connectivity index (χ4v) is 3.49. The summed E-state index contributed by atoms with van der Waals surface area (Å²) in [6.45, 7) is 2.43. The molecular weight excluding hydrogens is 172 g/mol. The molecule has 1 N–H and O–H groups in total. The zero-order valence-corrected chi connectivity index (χ0v) is 8.27. The molecule has 0 aliphatic carbocycles. The Labute approximate surface area is 77.7 Å². The molecule has 2 aliphatic rings. The lowest BCUT2D eigenvalue weighted by atomic mass is 9.94. The largest absolute Gasteiger partial charge is 0.396 e. The van der Waals surface area contributed by atoms with Gasteiger partial charge in [0.25, 0.3) is 0 Å². The van der Waals surface area contributed by atoms with Crippen LogP contribution in [0.25, 0.3) is 0 Å². The van der Waals surface area contributed by atoms with E-state index >= 15 is 0 Å². The second kappa shape index (κ2) is 3.20. The highest BCUT2D eigenvalue weighted by molar-refractivity contribution is 8.02. The van der Waals surface area contributed by atoms with Crippen molar-refractivity contribution in [2.75, 3.05) is 12.4 Å². The fraction of sp³-hybridized carbons (Fsp3) is 1.00. The molecule has 2 saturated heterocycles. The summed E-state index contributed by atoms with van der Waals surface area (Å²) >= 11 is 2.05. The maximum Gasteiger partial charge on any atom is 0.0698 e. The number of aliphatic hydroxyl groups excluding tert-OH is 1. The van der Waals surface area contributed by atoms with Gasteiger partial charge >= 0.3 is 0 Å². The molecule has 0 bridgehead atoms. The van der Waals surface area contributed by atoms with Crippen LogP contribution in [-0.4, -0.2) is 34.4 Å². The minimum absolute atomic E-state index is 0.262. The van der Waals surface area contributed by atoms with E-state index in [9.17, 15) is 0 Å². The maximum absolute atomic E-state index is 8.79. The van der Waals surface area contributed by atoms with Gasteiger partial charge in [-0.25, -0.2) is 0 Å². The summed E-state index contributed by atoms with van der Waals surface area (Å²) in [5.74, 6) is 1.29. The first-order valence-corrected chi connectivity index (χ1v) is 5.66. The highest BCUT2D eigenvalue weighted by atomic mass is 32.2. The lowest BCUT2D eigenvalue weighted by Gasteiger charge is -2.39. The smallest absolute Gasteiger partial charge is 0.0698 e. The van der Waals surface area contributed by atoms with Crippen LogP contribution in [0.4, 0.5) is 0 Å². The summed E-state index contributed by atoms with van der Waals surface area (Å²) in [4.78, 5) is 0. The minimum atomic E-state index is 0.262. The van der Waals surface area contributed by atoms with Gasteiger partial charge in [-0.15, -0.1) is 0 Å². The first-order chi connectivity index (χ1) is 5.77. The van der Waals surface area contributed by atoms with Crippen LogP contribution in [0.15, 0.2) is 0 Å². The molecule has 0 aromatic heterocycles. The van der Waals surface area contributed by atoms with E-state index < -0.39 is 0 Å². The topological polar surface area (TPSA) is 29.5 Å². The highest BCUT2D eigenvalue weighted by Gasteiger charge is 2.50.